The number of terminal acetylenes is 1. The molecule has 0 atom stereocenters. The molecule has 0 unspecified atom stereocenters. The summed E-state index contributed by atoms with van der Waals surface area (Å²) in [5.41, 5.74) is 1.99. The Balaban J connectivity index is 4.74. The Bertz CT molecular complexity index is 285. The van der Waals surface area contributed by atoms with Gasteiger partial charge in [0.25, 0.3) is 0 Å². The zero-order chi connectivity index (χ0) is 10.1. The van der Waals surface area contributed by atoms with Crippen LogP contribution in [0.5, 0.6) is 0 Å². The van der Waals surface area contributed by atoms with Crippen LogP contribution in [0, 0.1) is 12.3 Å². The highest BCUT2D eigenvalue weighted by Gasteiger charge is 1.93. The van der Waals surface area contributed by atoms with E-state index in [9.17, 15) is 0 Å². The first kappa shape index (κ1) is 11.4. The fourth-order valence-corrected chi connectivity index (χ4v) is 0.905. The van der Waals surface area contributed by atoms with E-state index in [1.165, 1.54) is 6.21 Å². The Morgan fingerprint density at radius 1 is 1.62 bits per heavy atom. The molecule has 0 aliphatic rings. The number of rotatable bonds is 4. The van der Waals surface area contributed by atoms with E-state index in [1.807, 2.05) is 13.0 Å². The Morgan fingerprint density at radius 3 is 2.77 bits per heavy atom. The molecule has 0 bridgehead atoms. The van der Waals surface area contributed by atoms with Crippen molar-refractivity contribution in [3.05, 3.63) is 36.1 Å². The monoisotopic (exact) mass is 173 g/mol. The number of nitrogens with zero attached hydrogens (tertiary/aromatic N) is 1. The van der Waals surface area contributed by atoms with Crippen LogP contribution >= 0.6 is 0 Å². The third-order valence-electron chi connectivity index (χ3n) is 1.47. The molecule has 1 nitrogen and oxygen atoms in total. The number of allylic oxidation sites excluding steroid dienone is 4. The molecule has 0 aromatic heterocycles. The highest BCUT2D eigenvalue weighted by Crippen LogP contribution is 2.11. The molecule has 0 radical (unpaired) electrons. The van der Waals surface area contributed by atoms with Gasteiger partial charge in [-0.15, -0.1) is 6.42 Å². The molecule has 0 N–H and O–H groups in total. The lowest BCUT2D eigenvalue weighted by Gasteiger charge is -1.99. The number of aliphatic imine (C=N–C) groups is 1. The third-order valence-corrected chi connectivity index (χ3v) is 1.47. The average Bonchev–Trinajstić information content (AvgIpc) is 2.12. The number of hydrogen-bond donors (Lipinski definition) is 0. The number of hydrogen-bond acceptors (Lipinski definition) is 1. The van der Waals surface area contributed by atoms with Gasteiger partial charge < -0.3 is 0 Å². The summed E-state index contributed by atoms with van der Waals surface area (Å²) in [4.78, 5) is 4.11. The van der Waals surface area contributed by atoms with Crippen LogP contribution in [0.15, 0.2) is 41.1 Å². The van der Waals surface area contributed by atoms with Crippen molar-refractivity contribution in [2.75, 3.05) is 0 Å². The van der Waals surface area contributed by atoms with Gasteiger partial charge in [-0.2, -0.15) is 0 Å². The smallest absolute Gasteiger partial charge is 0.0771 e. The van der Waals surface area contributed by atoms with Crippen molar-refractivity contribution >= 4 is 6.21 Å². The summed E-state index contributed by atoms with van der Waals surface area (Å²) in [6.45, 7) is 7.71. The van der Waals surface area contributed by atoms with Gasteiger partial charge in [0.15, 0.2) is 0 Å². The van der Waals surface area contributed by atoms with Crippen molar-refractivity contribution in [3.8, 4) is 12.3 Å². The molecule has 0 spiro atoms. The van der Waals surface area contributed by atoms with Crippen LogP contribution in [0.25, 0.3) is 0 Å². The first-order valence-corrected chi connectivity index (χ1v) is 4.24. The van der Waals surface area contributed by atoms with Gasteiger partial charge in [0.2, 0.25) is 0 Å². The van der Waals surface area contributed by atoms with E-state index in [4.69, 9.17) is 6.42 Å². The topological polar surface area (TPSA) is 12.4 Å². The van der Waals surface area contributed by atoms with Crippen molar-refractivity contribution in [1.29, 1.82) is 0 Å². The zero-order valence-electron chi connectivity index (χ0n) is 8.25. The molecule has 0 saturated carbocycles. The van der Waals surface area contributed by atoms with Crippen molar-refractivity contribution in [2.45, 2.75) is 20.3 Å². The molecule has 1 heteroatoms. The minimum atomic E-state index is 0.870. The normalized spacial score (nSPS) is 13.0. The van der Waals surface area contributed by atoms with E-state index in [-0.39, 0.29) is 0 Å². The van der Waals surface area contributed by atoms with Gasteiger partial charge >= 0.3 is 0 Å². The fraction of sp³-hybridized carbons (Fsp3) is 0.250. The summed E-state index contributed by atoms with van der Waals surface area (Å²) in [6, 6.07) is 0. The van der Waals surface area contributed by atoms with Crippen LogP contribution in [-0.4, -0.2) is 6.21 Å². The minimum absolute atomic E-state index is 0.870. The molecular formula is C12H15N. The van der Waals surface area contributed by atoms with Crippen molar-refractivity contribution in [1.82, 2.24) is 0 Å². The Hall–Kier alpha value is -1.55. The zero-order valence-corrected chi connectivity index (χ0v) is 8.25. The standard InChI is InChI=1S/C12H15N/c1-5-8-11(4)12(9-6-2)13-10-7-3/h3,6,8-10H,2,5H2,1,4H3/b11-8-,12-9+,13-10-. The quantitative estimate of drug-likeness (QED) is 0.352. The van der Waals surface area contributed by atoms with E-state index >= 15 is 0 Å². The molecule has 0 aromatic rings. The summed E-state index contributed by atoms with van der Waals surface area (Å²) < 4.78 is 0. The Kier molecular flexibility index (Phi) is 6.27. The van der Waals surface area contributed by atoms with Crippen LogP contribution in [0.2, 0.25) is 0 Å². The molecule has 0 rings (SSSR count). The molecule has 0 fully saturated rings. The first-order valence-electron chi connectivity index (χ1n) is 4.24. The molecule has 0 aliphatic heterocycles. The van der Waals surface area contributed by atoms with Crippen LogP contribution < -0.4 is 0 Å². The largest absolute Gasteiger partial charge is 0.248 e. The summed E-state index contributed by atoms with van der Waals surface area (Å²) in [7, 11) is 0. The summed E-state index contributed by atoms with van der Waals surface area (Å²) in [5, 5.41) is 0. The van der Waals surface area contributed by atoms with E-state index in [0.717, 1.165) is 17.7 Å². The first-order chi connectivity index (χ1) is 6.26. The lowest BCUT2D eigenvalue weighted by Crippen LogP contribution is -1.82. The van der Waals surface area contributed by atoms with Crippen LogP contribution in [0.3, 0.4) is 0 Å². The molecule has 68 valence electrons. The second-order valence-electron chi connectivity index (χ2n) is 2.51. The molecule has 0 amide bonds. The molecule has 0 heterocycles. The second-order valence-corrected chi connectivity index (χ2v) is 2.51. The van der Waals surface area contributed by atoms with Crippen LogP contribution in [0.4, 0.5) is 0 Å². The van der Waals surface area contributed by atoms with Gasteiger partial charge in [0.1, 0.15) is 0 Å². The fourth-order valence-electron chi connectivity index (χ4n) is 0.905. The van der Waals surface area contributed by atoms with Crippen molar-refractivity contribution < 1.29 is 0 Å². The maximum atomic E-state index is 5.08. The predicted molar refractivity (Wildman–Crippen MR) is 59.7 cm³/mol. The maximum absolute atomic E-state index is 5.08. The summed E-state index contributed by atoms with van der Waals surface area (Å²) in [6.07, 6.45) is 13.2. The third kappa shape index (κ3) is 4.81. The molecule has 0 aromatic carbocycles. The van der Waals surface area contributed by atoms with E-state index in [1.54, 1.807) is 6.08 Å². The van der Waals surface area contributed by atoms with Crippen molar-refractivity contribution in [2.24, 2.45) is 4.99 Å². The predicted octanol–water partition coefficient (Wildman–Crippen LogP) is 3.12. The summed E-state index contributed by atoms with van der Waals surface area (Å²) >= 11 is 0. The van der Waals surface area contributed by atoms with Crippen molar-refractivity contribution in [3.63, 3.8) is 0 Å². The highest BCUT2D eigenvalue weighted by molar-refractivity contribution is 5.78. The SMILES string of the molecule is C#C\C=N/C(=C/C=C)C(/C)=C\CC. The average molecular weight is 173 g/mol. The van der Waals surface area contributed by atoms with Crippen LogP contribution in [-0.2, 0) is 0 Å². The van der Waals surface area contributed by atoms with E-state index in [2.05, 4.69) is 30.5 Å². The molecule has 0 aliphatic carbocycles. The maximum Gasteiger partial charge on any atom is 0.0771 e. The van der Waals surface area contributed by atoms with Gasteiger partial charge in [-0.3, -0.25) is 0 Å². The van der Waals surface area contributed by atoms with Gasteiger partial charge in [0, 0.05) is 0 Å². The van der Waals surface area contributed by atoms with Gasteiger partial charge in [0.05, 0.1) is 11.9 Å². The molecular weight excluding hydrogens is 158 g/mol. The Labute approximate surface area is 80.6 Å². The van der Waals surface area contributed by atoms with E-state index in [0.29, 0.717) is 0 Å². The summed E-state index contributed by atoms with van der Waals surface area (Å²) in [5.74, 6) is 2.36. The Morgan fingerprint density at radius 2 is 2.31 bits per heavy atom. The van der Waals surface area contributed by atoms with Gasteiger partial charge in [-0.05, 0) is 25.0 Å². The highest BCUT2D eigenvalue weighted by atomic mass is 14.7. The second kappa shape index (κ2) is 7.12. The van der Waals surface area contributed by atoms with Crippen LogP contribution in [0.1, 0.15) is 20.3 Å². The lowest BCUT2D eigenvalue weighted by atomic mass is 10.2. The molecule has 13 heavy (non-hydrogen) atoms. The molecule has 0 saturated heterocycles. The van der Waals surface area contributed by atoms with Gasteiger partial charge in [-0.25, -0.2) is 4.99 Å². The lowest BCUT2D eigenvalue weighted by molar-refractivity contribution is 1.17. The van der Waals surface area contributed by atoms with Gasteiger partial charge in [-0.1, -0.05) is 31.6 Å². The minimum Gasteiger partial charge on any atom is -0.248 e. The van der Waals surface area contributed by atoms with E-state index < -0.39 is 0 Å².